The first-order valence-electron chi connectivity index (χ1n) is 15.4. The van der Waals surface area contributed by atoms with Crippen LogP contribution in [-0.4, -0.2) is 47.2 Å². The first-order chi connectivity index (χ1) is 23.4. The molecule has 1 aliphatic rings. The van der Waals surface area contributed by atoms with Gasteiger partial charge < -0.3 is 14.6 Å². The van der Waals surface area contributed by atoms with E-state index in [2.05, 4.69) is 71.4 Å². The van der Waals surface area contributed by atoms with Gasteiger partial charge in [-0.1, -0.05) is 81.4 Å². The van der Waals surface area contributed by atoms with Gasteiger partial charge in [0.2, 0.25) is 11.9 Å². The van der Waals surface area contributed by atoms with Gasteiger partial charge in [-0.25, -0.2) is 19.9 Å². The summed E-state index contributed by atoms with van der Waals surface area (Å²) in [4.78, 5) is 32.4. The molecule has 0 radical (unpaired) electrons. The van der Waals surface area contributed by atoms with Gasteiger partial charge >= 0.3 is 6.18 Å². The first-order valence-corrected chi connectivity index (χ1v) is 19.0. The highest BCUT2D eigenvalue weighted by molar-refractivity contribution is 7.17. The van der Waals surface area contributed by atoms with Crippen molar-refractivity contribution in [3.8, 4) is 16.6 Å². The number of nitrogens with one attached hydrogen (secondary N) is 1. The summed E-state index contributed by atoms with van der Waals surface area (Å²) in [5.41, 5.74) is 0.277. The molecule has 5 aromatic rings. The number of hydrogen-bond acceptors (Lipinski definition) is 10. The zero-order chi connectivity index (χ0) is 34.8. The van der Waals surface area contributed by atoms with E-state index in [0.717, 1.165) is 32.7 Å². The SMILES string of the molecule is CC(C)(C)[Si](OCc1nc(CC#N)c(-c2csc(NC(=O)C3CN(c4ncc(C(F)(F)F)cn4)C3)n2)s1)(c1ccccc1)c1ccccc1. The molecule has 0 aliphatic carbocycles. The number of benzene rings is 2. The van der Waals surface area contributed by atoms with Gasteiger partial charge in [-0.05, 0) is 15.4 Å². The number of hydrogen-bond donors (Lipinski definition) is 1. The van der Waals surface area contributed by atoms with Crippen molar-refractivity contribution in [1.29, 1.82) is 5.26 Å². The van der Waals surface area contributed by atoms with Crippen molar-refractivity contribution >= 4 is 58.4 Å². The largest absolute Gasteiger partial charge is 0.419 e. The smallest absolute Gasteiger partial charge is 0.401 e. The van der Waals surface area contributed by atoms with Crippen LogP contribution in [0.2, 0.25) is 5.04 Å². The fourth-order valence-electron chi connectivity index (χ4n) is 5.87. The minimum absolute atomic E-state index is 0.0915. The van der Waals surface area contributed by atoms with Crippen LogP contribution in [0.15, 0.2) is 78.4 Å². The molecular formula is C34H32F3N7O2S2Si. The highest BCUT2D eigenvalue weighted by atomic mass is 32.1. The van der Waals surface area contributed by atoms with E-state index in [4.69, 9.17) is 9.41 Å². The maximum Gasteiger partial charge on any atom is 0.419 e. The molecule has 252 valence electrons. The first kappa shape index (κ1) is 34.4. The van der Waals surface area contributed by atoms with Crippen molar-refractivity contribution in [3.63, 3.8) is 0 Å². The quantitative estimate of drug-likeness (QED) is 0.168. The lowest BCUT2D eigenvalue weighted by molar-refractivity contribution is -0.138. The lowest BCUT2D eigenvalue weighted by atomic mass is 10.00. The summed E-state index contributed by atoms with van der Waals surface area (Å²) in [6.07, 6.45) is -2.95. The molecule has 15 heteroatoms. The van der Waals surface area contributed by atoms with Gasteiger partial charge in [-0.15, -0.1) is 22.7 Å². The zero-order valence-corrected chi connectivity index (χ0v) is 29.5. The van der Waals surface area contributed by atoms with E-state index in [1.165, 1.54) is 22.7 Å². The molecule has 0 saturated carbocycles. The molecule has 0 atom stereocenters. The number of carbonyl (C=O) groups is 1. The molecular weight excluding hydrogens is 688 g/mol. The predicted octanol–water partition coefficient (Wildman–Crippen LogP) is 6.29. The molecule has 1 aliphatic heterocycles. The predicted molar refractivity (Wildman–Crippen MR) is 186 cm³/mol. The number of aromatic nitrogens is 4. The van der Waals surface area contributed by atoms with E-state index in [1.807, 2.05) is 41.8 Å². The lowest BCUT2D eigenvalue weighted by Crippen LogP contribution is -2.66. The molecule has 0 spiro atoms. The monoisotopic (exact) mass is 719 g/mol. The van der Waals surface area contributed by atoms with Gasteiger partial charge in [0.15, 0.2) is 5.13 Å². The summed E-state index contributed by atoms with van der Waals surface area (Å²) in [5, 5.41) is 17.5. The van der Waals surface area contributed by atoms with Crippen LogP contribution in [0.1, 0.15) is 37.0 Å². The summed E-state index contributed by atoms with van der Waals surface area (Å²) in [5.74, 6) is -0.524. The van der Waals surface area contributed by atoms with Crippen LogP contribution in [0.4, 0.5) is 24.3 Å². The Morgan fingerprint density at radius 1 is 1.02 bits per heavy atom. The van der Waals surface area contributed by atoms with Gasteiger partial charge in [0.05, 0.1) is 46.8 Å². The Labute approximate surface area is 290 Å². The maximum atomic E-state index is 12.9. The summed E-state index contributed by atoms with van der Waals surface area (Å²) < 4.78 is 45.5. The van der Waals surface area contributed by atoms with Crippen LogP contribution < -0.4 is 20.6 Å². The van der Waals surface area contributed by atoms with E-state index < -0.39 is 26.0 Å². The molecule has 2 aromatic carbocycles. The Hall–Kier alpha value is -4.49. The van der Waals surface area contributed by atoms with E-state index in [0.29, 0.717) is 16.5 Å². The lowest BCUT2D eigenvalue weighted by Gasteiger charge is -2.42. The molecule has 0 bridgehead atoms. The second-order valence-electron chi connectivity index (χ2n) is 12.6. The topological polar surface area (TPSA) is 117 Å². The van der Waals surface area contributed by atoms with Crippen LogP contribution in [0.25, 0.3) is 10.6 Å². The number of nitrogens with zero attached hydrogens (tertiary/aromatic N) is 6. The Kier molecular flexibility index (Phi) is 9.67. The second-order valence-corrected chi connectivity index (χ2v) is 18.8. The van der Waals surface area contributed by atoms with Crippen molar-refractivity contribution in [3.05, 3.63) is 94.7 Å². The normalized spacial score (nSPS) is 13.9. The minimum atomic E-state index is -4.52. The highest BCUT2D eigenvalue weighted by Crippen LogP contribution is 2.39. The van der Waals surface area contributed by atoms with Crippen molar-refractivity contribution in [1.82, 2.24) is 19.9 Å². The Morgan fingerprint density at radius 3 is 2.18 bits per heavy atom. The van der Waals surface area contributed by atoms with E-state index >= 15 is 0 Å². The molecule has 1 N–H and O–H groups in total. The van der Waals surface area contributed by atoms with Crippen LogP contribution in [0.5, 0.6) is 0 Å². The highest BCUT2D eigenvalue weighted by Gasteiger charge is 2.50. The van der Waals surface area contributed by atoms with Crippen molar-refractivity contribution in [2.75, 3.05) is 23.3 Å². The number of amides is 1. The van der Waals surface area contributed by atoms with Crippen LogP contribution in [-0.2, 0) is 28.4 Å². The molecule has 4 heterocycles. The number of rotatable bonds is 10. The Balaban J connectivity index is 1.16. The maximum absolute atomic E-state index is 12.9. The van der Waals surface area contributed by atoms with Gasteiger partial charge in [-0.3, -0.25) is 4.79 Å². The van der Waals surface area contributed by atoms with Gasteiger partial charge in [0.25, 0.3) is 8.32 Å². The number of anilines is 2. The average molecular weight is 720 g/mol. The Morgan fingerprint density at radius 2 is 1.63 bits per heavy atom. The van der Waals surface area contributed by atoms with Crippen LogP contribution in [0, 0.1) is 17.2 Å². The molecule has 1 amide bonds. The van der Waals surface area contributed by atoms with E-state index in [1.54, 1.807) is 4.90 Å². The second kappa shape index (κ2) is 13.8. The molecule has 49 heavy (non-hydrogen) atoms. The Bertz CT molecular complexity index is 1910. The van der Waals surface area contributed by atoms with Crippen LogP contribution >= 0.6 is 22.7 Å². The van der Waals surface area contributed by atoms with Gasteiger partial charge in [0.1, 0.15) is 5.01 Å². The van der Waals surface area contributed by atoms with E-state index in [9.17, 15) is 23.2 Å². The average Bonchev–Trinajstić information content (AvgIpc) is 3.68. The number of thiazole rings is 2. The van der Waals surface area contributed by atoms with Crippen molar-refractivity contribution in [2.45, 2.75) is 45.0 Å². The summed E-state index contributed by atoms with van der Waals surface area (Å²) >= 11 is 2.69. The third kappa shape index (κ3) is 7.13. The summed E-state index contributed by atoms with van der Waals surface area (Å²) in [6.45, 7) is 7.43. The number of carbonyl (C=O) groups excluding carboxylic acids is 1. The van der Waals surface area contributed by atoms with Gasteiger partial charge in [-0.2, -0.15) is 18.4 Å². The molecule has 6 rings (SSSR count). The standard InChI is InChI=1S/C34H32F3N7O2S2Si/c1-33(2,3)49(24-10-6-4-7-11-24,25-12-8-5-9-13-25)46-20-28-41-26(14-15-38)29(48-28)27-21-47-32(42-27)43-30(45)22-18-44(19-22)31-39-16-23(17-40-31)34(35,36)37/h4-13,16-17,21-22H,14,18-20H2,1-3H3,(H,42,43,45). The molecule has 0 unspecified atom stereocenters. The zero-order valence-electron chi connectivity index (χ0n) is 26.9. The number of nitriles is 1. The number of alkyl halides is 3. The third-order valence-electron chi connectivity index (χ3n) is 8.28. The van der Waals surface area contributed by atoms with Crippen molar-refractivity contribution < 1.29 is 22.4 Å². The molecule has 1 saturated heterocycles. The van der Waals surface area contributed by atoms with Crippen molar-refractivity contribution in [2.24, 2.45) is 5.92 Å². The minimum Gasteiger partial charge on any atom is -0.401 e. The summed E-state index contributed by atoms with van der Waals surface area (Å²) in [6, 6.07) is 22.9. The van der Waals surface area contributed by atoms with E-state index in [-0.39, 0.29) is 43.0 Å². The summed E-state index contributed by atoms with van der Waals surface area (Å²) in [7, 11) is -2.81. The molecule has 1 fully saturated rings. The fourth-order valence-corrected chi connectivity index (χ4v) is 12.2. The molecule has 3 aromatic heterocycles. The fraction of sp³-hybridized carbons (Fsp3) is 0.294. The van der Waals surface area contributed by atoms with Crippen LogP contribution in [0.3, 0.4) is 0 Å². The number of halogens is 3. The molecule has 9 nitrogen and oxygen atoms in total. The third-order valence-corrected chi connectivity index (χ3v) is 15.1. The van der Waals surface area contributed by atoms with Gasteiger partial charge in [0, 0.05) is 30.9 Å².